The molecule has 1 heterocycles. The first-order chi connectivity index (χ1) is 12.9. The van der Waals surface area contributed by atoms with Crippen LogP contribution in [0.5, 0.6) is 17.2 Å². The Kier molecular flexibility index (Phi) is 4.24. The van der Waals surface area contributed by atoms with Gasteiger partial charge < -0.3 is 13.6 Å². The average Bonchev–Trinajstić information content (AvgIpc) is 2.75. The number of phosphoric ester groups is 1. The number of benzene rings is 3. The summed E-state index contributed by atoms with van der Waals surface area (Å²) in [7, 11) is -3.95. The van der Waals surface area contributed by atoms with Gasteiger partial charge >= 0.3 is 7.82 Å². The van der Waals surface area contributed by atoms with Gasteiger partial charge in [0, 0.05) is 11.1 Å². The SMILES string of the molecule is Cc1cccc(C)c1OP1(=O)Oc2c(C)cccc2-c2cccc(C)c2O1. The van der Waals surface area contributed by atoms with Crippen molar-refractivity contribution in [1.82, 2.24) is 0 Å². The van der Waals surface area contributed by atoms with E-state index in [4.69, 9.17) is 13.6 Å². The Morgan fingerprint density at radius 1 is 0.667 bits per heavy atom. The summed E-state index contributed by atoms with van der Waals surface area (Å²) in [6.07, 6.45) is 0. The summed E-state index contributed by atoms with van der Waals surface area (Å²) in [6.45, 7) is 7.65. The van der Waals surface area contributed by atoms with Crippen LogP contribution >= 0.6 is 7.82 Å². The Bertz CT molecular complexity index is 1010. The highest BCUT2D eigenvalue weighted by Crippen LogP contribution is 2.58. The van der Waals surface area contributed by atoms with Crippen LogP contribution in [-0.4, -0.2) is 0 Å². The highest BCUT2D eigenvalue weighted by molar-refractivity contribution is 7.49. The average molecular weight is 380 g/mol. The summed E-state index contributed by atoms with van der Waals surface area (Å²) in [5.41, 5.74) is 5.17. The normalized spacial score (nSPS) is 14.2. The maximum Gasteiger partial charge on any atom is 0.647 e. The lowest BCUT2D eigenvalue weighted by Gasteiger charge is -2.21. The second kappa shape index (κ2) is 6.47. The minimum absolute atomic E-state index is 0.521. The van der Waals surface area contributed by atoms with Crippen molar-refractivity contribution in [3.63, 3.8) is 0 Å². The van der Waals surface area contributed by atoms with Crippen LogP contribution in [0, 0.1) is 27.7 Å². The van der Waals surface area contributed by atoms with Crippen LogP contribution in [-0.2, 0) is 4.57 Å². The van der Waals surface area contributed by atoms with Crippen molar-refractivity contribution in [2.75, 3.05) is 0 Å². The second-order valence-corrected chi connectivity index (χ2v) is 8.29. The molecule has 1 aliphatic rings. The molecule has 0 fully saturated rings. The summed E-state index contributed by atoms with van der Waals surface area (Å²) in [5, 5.41) is 0. The van der Waals surface area contributed by atoms with Gasteiger partial charge in [0.1, 0.15) is 17.2 Å². The van der Waals surface area contributed by atoms with E-state index in [-0.39, 0.29) is 0 Å². The van der Waals surface area contributed by atoms with E-state index >= 15 is 0 Å². The van der Waals surface area contributed by atoms with Crippen LogP contribution < -0.4 is 13.6 Å². The summed E-state index contributed by atoms with van der Waals surface area (Å²) in [5.74, 6) is 1.57. The third kappa shape index (κ3) is 3.11. The van der Waals surface area contributed by atoms with Crippen LogP contribution in [0.4, 0.5) is 0 Å². The van der Waals surface area contributed by atoms with Crippen molar-refractivity contribution in [3.8, 4) is 28.4 Å². The molecule has 0 atom stereocenters. The summed E-state index contributed by atoms with van der Waals surface area (Å²) < 4.78 is 31.5. The molecular weight excluding hydrogens is 359 g/mol. The maximum absolute atomic E-state index is 13.7. The van der Waals surface area contributed by atoms with E-state index < -0.39 is 7.82 Å². The molecule has 0 amide bonds. The Hall–Kier alpha value is -2.71. The predicted octanol–water partition coefficient (Wildman–Crippen LogP) is 6.55. The number of fused-ring (bicyclic) bond motifs is 3. The van der Waals surface area contributed by atoms with E-state index in [1.165, 1.54) is 0 Å². The lowest BCUT2D eigenvalue weighted by molar-refractivity contribution is 0.299. The number of rotatable bonds is 2. The second-order valence-electron chi connectivity index (χ2n) is 6.85. The third-order valence-electron chi connectivity index (χ3n) is 4.73. The first kappa shape index (κ1) is 17.7. The number of hydrogen-bond donors (Lipinski definition) is 0. The topological polar surface area (TPSA) is 44.8 Å². The minimum atomic E-state index is -3.95. The number of phosphoric acid groups is 1. The summed E-state index contributed by atoms with van der Waals surface area (Å²) in [6, 6.07) is 17.4. The van der Waals surface area contributed by atoms with Gasteiger partial charge in [0.25, 0.3) is 0 Å². The lowest BCUT2D eigenvalue weighted by atomic mass is 9.99. The fraction of sp³-hybridized carbons (Fsp3) is 0.182. The number of hydrogen-bond acceptors (Lipinski definition) is 4. The van der Waals surface area contributed by atoms with Crippen LogP contribution in [0.15, 0.2) is 54.6 Å². The van der Waals surface area contributed by atoms with E-state index in [0.717, 1.165) is 33.4 Å². The van der Waals surface area contributed by atoms with Gasteiger partial charge in [-0.2, -0.15) is 4.57 Å². The molecule has 5 heteroatoms. The standard InChI is InChI=1S/C22H21O4P/c1-14-8-5-9-15(2)20(14)24-27(23)25-21-16(3)10-6-12-18(21)19-13-7-11-17(4)22(19)26-27/h5-13H,1-4H3. The van der Waals surface area contributed by atoms with Gasteiger partial charge in [0.05, 0.1) is 0 Å². The highest BCUT2D eigenvalue weighted by Gasteiger charge is 2.39. The van der Waals surface area contributed by atoms with Gasteiger partial charge in [-0.1, -0.05) is 54.6 Å². The zero-order valence-electron chi connectivity index (χ0n) is 15.8. The summed E-state index contributed by atoms with van der Waals surface area (Å²) >= 11 is 0. The Balaban J connectivity index is 1.91. The van der Waals surface area contributed by atoms with E-state index in [2.05, 4.69) is 0 Å². The monoisotopic (exact) mass is 380 g/mol. The van der Waals surface area contributed by atoms with Gasteiger partial charge in [-0.15, -0.1) is 0 Å². The molecule has 0 saturated heterocycles. The smallest absolute Gasteiger partial charge is 0.385 e. The molecule has 0 saturated carbocycles. The lowest BCUT2D eigenvalue weighted by Crippen LogP contribution is -2.08. The molecule has 0 radical (unpaired) electrons. The van der Waals surface area contributed by atoms with Crippen molar-refractivity contribution in [2.45, 2.75) is 27.7 Å². The van der Waals surface area contributed by atoms with E-state index in [0.29, 0.717) is 17.2 Å². The van der Waals surface area contributed by atoms with Crippen molar-refractivity contribution in [3.05, 3.63) is 76.9 Å². The molecule has 0 N–H and O–H groups in total. The first-order valence-corrected chi connectivity index (χ1v) is 10.3. The fourth-order valence-corrected chi connectivity index (χ4v) is 4.86. The molecule has 27 heavy (non-hydrogen) atoms. The molecule has 0 aromatic heterocycles. The van der Waals surface area contributed by atoms with Crippen LogP contribution in [0.1, 0.15) is 22.3 Å². The molecule has 0 bridgehead atoms. The molecule has 138 valence electrons. The van der Waals surface area contributed by atoms with E-state index in [1.807, 2.05) is 82.3 Å². The molecule has 4 rings (SSSR count). The van der Waals surface area contributed by atoms with Crippen molar-refractivity contribution < 1.29 is 18.1 Å². The Morgan fingerprint density at radius 3 is 1.56 bits per heavy atom. The molecule has 0 aliphatic carbocycles. The predicted molar refractivity (Wildman–Crippen MR) is 107 cm³/mol. The molecule has 0 spiro atoms. The highest BCUT2D eigenvalue weighted by atomic mass is 31.2. The first-order valence-electron chi connectivity index (χ1n) is 8.82. The van der Waals surface area contributed by atoms with Crippen LogP contribution in [0.25, 0.3) is 11.1 Å². The molecule has 0 unspecified atom stereocenters. The third-order valence-corrected chi connectivity index (χ3v) is 5.95. The quantitative estimate of drug-likeness (QED) is 0.473. The molecule has 3 aromatic rings. The largest absolute Gasteiger partial charge is 0.647 e. The van der Waals surface area contributed by atoms with Gasteiger partial charge in [-0.25, -0.2) is 0 Å². The molecular formula is C22H21O4P. The van der Waals surface area contributed by atoms with Crippen molar-refractivity contribution in [2.24, 2.45) is 0 Å². The molecule has 1 aliphatic heterocycles. The van der Waals surface area contributed by atoms with Gasteiger partial charge in [-0.05, 0) is 49.9 Å². The van der Waals surface area contributed by atoms with Gasteiger partial charge in [-0.3, -0.25) is 0 Å². The van der Waals surface area contributed by atoms with Gasteiger partial charge in [0.15, 0.2) is 0 Å². The van der Waals surface area contributed by atoms with Crippen molar-refractivity contribution in [1.29, 1.82) is 0 Å². The molecule has 4 nitrogen and oxygen atoms in total. The fourth-order valence-electron chi connectivity index (χ4n) is 3.31. The van der Waals surface area contributed by atoms with Gasteiger partial charge in [0.2, 0.25) is 0 Å². The van der Waals surface area contributed by atoms with E-state index in [9.17, 15) is 4.57 Å². The zero-order valence-corrected chi connectivity index (χ0v) is 16.7. The molecule has 3 aromatic carbocycles. The van der Waals surface area contributed by atoms with Crippen LogP contribution in [0.2, 0.25) is 0 Å². The number of aryl methyl sites for hydroxylation is 4. The Morgan fingerprint density at radius 2 is 1.07 bits per heavy atom. The maximum atomic E-state index is 13.7. The van der Waals surface area contributed by atoms with Crippen molar-refractivity contribution >= 4 is 7.82 Å². The minimum Gasteiger partial charge on any atom is -0.385 e. The van der Waals surface area contributed by atoms with E-state index in [1.54, 1.807) is 0 Å². The van der Waals surface area contributed by atoms with Crippen LogP contribution in [0.3, 0.4) is 0 Å². The zero-order chi connectivity index (χ0) is 19.2. The number of para-hydroxylation sites is 3. The Labute approximate surface area is 159 Å². The summed E-state index contributed by atoms with van der Waals surface area (Å²) in [4.78, 5) is 0.